The van der Waals surface area contributed by atoms with Crippen LogP contribution in [0.3, 0.4) is 0 Å². The smallest absolute Gasteiger partial charge is 0.159 e. The first-order valence-electron chi connectivity index (χ1n) is 19.8. The topological polar surface area (TPSA) is 15.7 Å². The van der Waals surface area contributed by atoms with Gasteiger partial charge in [-0.3, -0.25) is 0 Å². The largest absolute Gasteiger partial charge is 0.452 e. The van der Waals surface area contributed by atoms with Crippen molar-refractivity contribution in [3.63, 3.8) is 0 Å². The van der Waals surface area contributed by atoms with Crippen molar-refractivity contribution in [3.8, 4) is 33.8 Å². The van der Waals surface area contributed by atoms with Gasteiger partial charge in [0.05, 0.1) is 22.7 Å². The molecule has 11 rings (SSSR count). The third kappa shape index (κ3) is 5.12. The van der Waals surface area contributed by atoms with Gasteiger partial charge in [-0.05, 0) is 98.9 Å². The predicted molar refractivity (Wildman–Crippen MR) is 239 cm³/mol. The van der Waals surface area contributed by atoms with E-state index in [1.807, 2.05) is 0 Å². The minimum absolute atomic E-state index is 0.205. The van der Waals surface area contributed by atoms with E-state index in [0.717, 1.165) is 51.1 Å². The van der Waals surface area contributed by atoms with E-state index in [1.54, 1.807) is 0 Å². The molecule has 0 spiro atoms. The van der Waals surface area contributed by atoms with Crippen LogP contribution in [-0.2, 0) is 5.41 Å². The summed E-state index contributed by atoms with van der Waals surface area (Å²) in [5.74, 6) is 1.77. The maximum absolute atomic E-state index is 6.99. The van der Waals surface area contributed by atoms with Crippen molar-refractivity contribution >= 4 is 55.7 Å². The van der Waals surface area contributed by atoms with Gasteiger partial charge < -0.3 is 14.5 Å². The Hall–Kier alpha value is -7.10. The molecule has 0 bridgehead atoms. The zero-order valence-corrected chi connectivity index (χ0v) is 32.2. The molecule has 0 aliphatic carbocycles. The zero-order valence-electron chi connectivity index (χ0n) is 32.2. The Morgan fingerprint density at radius 2 is 1.14 bits per heavy atom. The quantitative estimate of drug-likeness (QED) is 0.164. The van der Waals surface area contributed by atoms with Crippen LogP contribution in [0.25, 0.3) is 43.8 Å². The first-order valence-corrected chi connectivity index (χ1v) is 19.8. The van der Waals surface area contributed by atoms with Crippen molar-refractivity contribution in [1.29, 1.82) is 0 Å². The Morgan fingerprint density at radius 1 is 0.474 bits per heavy atom. The van der Waals surface area contributed by atoms with Gasteiger partial charge in [-0.2, -0.15) is 0 Å². The molecule has 2 heterocycles. The highest BCUT2D eigenvalue weighted by Gasteiger charge is 2.42. The maximum atomic E-state index is 6.99. The number of rotatable bonds is 5. The molecule has 0 aromatic heterocycles. The monoisotopic (exact) mass is 732 g/mol. The van der Waals surface area contributed by atoms with Gasteiger partial charge in [-0.15, -0.1) is 0 Å². The van der Waals surface area contributed by atoms with Gasteiger partial charge in [-0.25, -0.2) is 0 Å². The molecule has 3 heteroatoms. The van der Waals surface area contributed by atoms with Gasteiger partial charge in [0, 0.05) is 27.7 Å². The van der Waals surface area contributed by atoms with Crippen molar-refractivity contribution < 1.29 is 4.74 Å². The highest BCUT2D eigenvalue weighted by molar-refractivity contribution is 6.12. The van der Waals surface area contributed by atoms with E-state index in [2.05, 4.69) is 219 Å². The number of hydrogen-bond donors (Lipinski definition) is 0. The van der Waals surface area contributed by atoms with E-state index in [0.29, 0.717) is 0 Å². The summed E-state index contributed by atoms with van der Waals surface area (Å²) >= 11 is 0. The van der Waals surface area contributed by atoms with Crippen LogP contribution in [0.4, 0.5) is 34.1 Å². The summed E-state index contributed by atoms with van der Waals surface area (Å²) in [4.78, 5) is 4.84. The first kappa shape index (κ1) is 33.3. The number of aryl methyl sites for hydroxylation is 1. The lowest BCUT2D eigenvalue weighted by atomic mass is 9.72. The molecule has 0 saturated carbocycles. The fourth-order valence-electron chi connectivity index (χ4n) is 9.30. The Balaban J connectivity index is 1.07. The number of fused-ring (bicyclic) bond motifs is 7. The minimum atomic E-state index is -0.205. The van der Waals surface area contributed by atoms with Crippen molar-refractivity contribution in [2.75, 3.05) is 9.80 Å². The normalized spacial score (nSPS) is 13.4. The number of hydrogen-bond acceptors (Lipinski definition) is 3. The molecule has 0 amide bonds. The van der Waals surface area contributed by atoms with Crippen molar-refractivity contribution in [3.05, 3.63) is 205 Å². The number of anilines is 6. The first-order chi connectivity index (χ1) is 28.0. The maximum Gasteiger partial charge on any atom is 0.159 e. The molecule has 9 aromatic rings. The highest BCUT2D eigenvalue weighted by atomic mass is 16.5. The Morgan fingerprint density at radius 3 is 1.95 bits per heavy atom. The number of nitrogens with zero attached hydrogens (tertiary/aromatic N) is 2. The molecular weight excluding hydrogens is 693 g/mol. The third-order valence-electron chi connectivity index (χ3n) is 12.2. The van der Waals surface area contributed by atoms with Crippen LogP contribution < -0.4 is 14.5 Å². The van der Waals surface area contributed by atoms with E-state index in [1.165, 1.54) is 55.0 Å². The summed E-state index contributed by atoms with van der Waals surface area (Å²) in [5, 5.41) is 4.94. The lowest BCUT2D eigenvalue weighted by Gasteiger charge is -2.45. The number of para-hydroxylation sites is 2. The van der Waals surface area contributed by atoms with Crippen LogP contribution in [0.1, 0.15) is 30.5 Å². The van der Waals surface area contributed by atoms with Gasteiger partial charge in [0.25, 0.3) is 0 Å². The summed E-state index contributed by atoms with van der Waals surface area (Å²) in [5.41, 5.74) is 14.9. The average Bonchev–Trinajstić information content (AvgIpc) is 3.26. The molecular formula is C54H40N2O. The van der Waals surface area contributed by atoms with Gasteiger partial charge in [0.2, 0.25) is 0 Å². The molecule has 0 saturated heterocycles. The molecule has 2 aliphatic heterocycles. The van der Waals surface area contributed by atoms with E-state index in [9.17, 15) is 0 Å². The Bertz CT molecular complexity index is 3020. The fourth-order valence-corrected chi connectivity index (χ4v) is 9.30. The summed E-state index contributed by atoms with van der Waals surface area (Å²) < 4.78 is 6.99. The van der Waals surface area contributed by atoms with Crippen molar-refractivity contribution in [2.24, 2.45) is 0 Å². The van der Waals surface area contributed by atoms with E-state index in [-0.39, 0.29) is 5.41 Å². The Kier molecular flexibility index (Phi) is 7.42. The molecule has 0 fully saturated rings. The zero-order chi connectivity index (χ0) is 38.3. The van der Waals surface area contributed by atoms with Crippen LogP contribution in [0.5, 0.6) is 11.5 Å². The summed E-state index contributed by atoms with van der Waals surface area (Å²) in [6, 6.07) is 68.1. The predicted octanol–water partition coefficient (Wildman–Crippen LogP) is 15.3. The summed E-state index contributed by atoms with van der Waals surface area (Å²) in [6.07, 6.45) is 0. The van der Waals surface area contributed by atoms with E-state index < -0.39 is 0 Å². The summed E-state index contributed by atoms with van der Waals surface area (Å²) in [6.45, 7) is 6.84. The lowest BCUT2D eigenvalue weighted by molar-refractivity contribution is 0.472. The van der Waals surface area contributed by atoms with Crippen LogP contribution in [0.15, 0.2) is 188 Å². The second kappa shape index (κ2) is 12.7. The van der Waals surface area contributed by atoms with Gasteiger partial charge in [0.15, 0.2) is 11.5 Å². The molecule has 272 valence electrons. The lowest BCUT2D eigenvalue weighted by Crippen LogP contribution is -2.32. The second-order valence-corrected chi connectivity index (χ2v) is 15.8. The molecule has 3 nitrogen and oxygen atoms in total. The van der Waals surface area contributed by atoms with Crippen molar-refractivity contribution in [2.45, 2.75) is 26.2 Å². The third-order valence-corrected chi connectivity index (χ3v) is 12.2. The highest BCUT2D eigenvalue weighted by Crippen LogP contribution is 2.62. The summed E-state index contributed by atoms with van der Waals surface area (Å²) in [7, 11) is 0. The number of ether oxygens (including phenoxy) is 1. The molecule has 0 radical (unpaired) electrons. The van der Waals surface area contributed by atoms with E-state index in [4.69, 9.17) is 4.74 Å². The van der Waals surface area contributed by atoms with Gasteiger partial charge in [-0.1, -0.05) is 159 Å². The SMILES string of the molecule is Cc1cccc2c1N1c3ccccc3C(C)(C)c3ccc(-c4ccc(N(c5ccc(-c6ccccc6)cc5)c5cccc6c5ccc5ccccc56)cc4)c(c31)O2. The van der Waals surface area contributed by atoms with E-state index >= 15 is 0 Å². The molecule has 57 heavy (non-hydrogen) atoms. The molecule has 0 atom stereocenters. The Labute approximate surface area is 333 Å². The van der Waals surface area contributed by atoms with Crippen LogP contribution >= 0.6 is 0 Å². The molecule has 2 aliphatic rings. The van der Waals surface area contributed by atoms with Gasteiger partial charge >= 0.3 is 0 Å². The van der Waals surface area contributed by atoms with Crippen LogP contribution in [-0.4, -0.2) is 0 Å². The second-order valence-electron chi connectivity index (χ2n) is 15.8. The van der Waals surface area contributed by atoms with Gasteiger partial charge in [0.1, 0.15) is 0 Å². The van der Waals surface area contributed by atoms with Crippen LogP contribution in [0.2, 0.25) is 0 Å². The average molecular weight is 733 g/mol. The molecule has 0 N–H and O–H groups in total. The standard InChI is InChI=1S/C54H40N2O/c1-35-13-11-22-50-51(35)56-49-20-10-9-19-46(49)54(2,3)47-34-33-43(53(57-50)52(47)56)39-25-30-41(31-26-39)55(40-28-23-37(24-29-40)36-14-5-4-6-15-36)48-21-12-18-44-42-17-8-7-16-38(42)27-32-45(44)48/h4-34H,1-3H3. The molecule has 9 aromatic carbocycles. The van der Waals surface area contributed by atoms with Crippen molar-refractivity contribution in [1.82, 2.24) is 0 Å². The fraction of sp³-hybridized carbons (Fsp3) is 0.0741. The van der Waals surface area contributed by atoms with Crippen LogP contribution in [0, 0.1) is 6.92 Å². The molecule has 0 unspecified atom stereocenters. The minimum Gasteiger partial charge on any atom is -0.452 e. The number of benzene rings is 9.